The van der Waals surface area contributed by atoms with E-state index in [9.17, 15) is 27.1 Å². The van der Waals surface area contributed by atoms with Gasteiger partial charge in [0.25, 0.3) is 10.0 Å². The molecule has 0 spiro atoms. The van der Waals surface area contributed by atoms with Gasteiger partial charge in [0, 0.05) is 25.7 Å². The van der Waals surface area contributed by atoms with Crippen LogP contribution in [0.3, 0.4) is 0 Å². The second-order valence-corrected chi connectivity index (χ2v) is 11.7. The van der Waals surface area contributed by atoms with Crippen LogP contribution in [0.15, 0.2) is 65.6 Å². The van der Waals surface area contributed by atoms with Gasteiger partial charge >= 0.3 is 5.97 Å². The Morgan fingerprint density at radius 3 is 2.39 bits per heavy atom. The summed E-state index contributed by atoms with van der Waals surface area (Å²) < 4.78 is 68.5. The molecule has 0 saturated carbocycles. The quantitative estimate of drug-likeness (QED) is 0.461. The number of sulfonamides is 1. The minimum absolute atomic E-state index is 0.0744. The third kappa shape index (κ3) is 4.98. The number of anilines is 1. The van der Waals surface area contributed by atoms with Crippen molar-refractivity contribution >= 4 is 21.7 Å². The number of hydrogen-bond acceptors (Lipinski definition) is 5. The molecule has 0 unspecified atom stereocenters. The standard InChI is InChI=1S/C28H27F2NO6S/c1-18-3-2-4-24(11-18)38(34,35)31-17-23(16-28(27(32)33)7-9-36-10-8-28)37-26-6-5-19(14-25(26)31)20-12-21(29)15-22(30)13-20/h2-6,11-15,23H,7-10,16-17H2,1H3,(H,32,33)/t23-/m0/s1. The molecule has 0 radical (unpaired) electrons. The first-order valence-electron chi connectivity index (χ1n) is 12.3. The van der Waals surface area contributed by atoms with E-state index in [1.807, 2.05) is 0 Å². The van der Waals surface area contributed by atoms with Crippen LogP contribution < -0.4 is 9.04 Å². The summed E-state index contributed by atoms with van der Waals surface area (Å²) in [5.74, 6) is -2.24. The molecule has 0 aromatic heterocycles. The molecule has 7 nitrogen and oxygen atoms in total. The van der Waals surface area contributed by atoms with Gasteiger partial charge in [0.2, 0.25) is 0 Å². The molecule has 2 heterocycles. The number of hydrogen-bond donors (Lipinski definition) is 1. The van der Waals surface area contributed by atoms with Crippen molar-refractivity contribution < 1.29 is 36.6 Å². The van der Waals surface area contributed by atoms with E-state index < -0.39 is 39.1 Å². The molecule has 1 N–H and O–H groups in total. The van der Waals surface area contributed by atoms with Gasteiger partial charge in [0.05, 0.1) is 22.5 Å². The van der Waals surface area contributed by atoms with E-state index in [4.69, 9.17) is 9.47 Å². The van der Waals surface area contributed by atoms with Gasteiger partial charge < -0.3 is 14.6 Å². The minimum atomic E-state index is -4.09. The fourth-order valence-corrected chi connectivity index (χ4v) is 6.76. The van der Waals surface area contributed by atoms with Crippen LogP contribution in [0, 0.1) is 24.0 Å². The van der Waals surface area contributed by atoms with E-state index in [0.29, 0.717) is 31.6 Å². The molecule has 5 rings (SSSR count). The molecule has 1 atom stereocenters. The summed E-state index contributed by atoms with van der Waals surface area (Å²) in [4.78, 5) is 12.4. The third-order valence-corrected chi connectivity index (χ3v) is 8.96. The number of aliphatic carboxylic acids is 1. The maximum Gasteiger partial charge on any atom is 0.309 e. The molecule has 3 aromatic rings. The van der Waals surface area contributed by atoms with Gasteiger partial charge in [-0.15, -0.1) is 0 Å². The predicted molar refractivity (Wildman–Crippen MR) is 137 cm³/mol. The summed E-state index contributed by atoms with van der Waals surface area (Å²) >= 11 is 0. The number of carboxylic acid groups (broad SMARTS) is 1. The van der Waals surface area contributed by atoms with E-state index in [-0.39, 0.29) is 34.9 Å². The smallest absolute Gasteiger partial charge is 0.309 e. The van der Waals surface area contributed by atoms with Crippen LogP contribution in [0.2, 0.25) is 0 Å². The summed E-state index contributed by atoms with van der Waals surface area (Å²) in [6.07, 6.45) is -0.0521. The Bertz CT molecular complexity index is 1470. The van der Waals surface area contributed by atoms with Crippen molar-refractivity contribution in [1.29, 1.82) is 0 Å². The molecular formula is C28H27F2NO6S. The summed E-state index contributed by atoms with van der Waals surface area (Å²) in [6, 6.07) is 14.2. The SMILES string of the molecule is Cc1cccc(S(=O)(=O)N2C[C@H](CC3(C(=O)O)CCOCC3)Oc3ccc(-c4cc(F)cc(F)c4)cc32)c1. The van der Waals surface area contributed by atoms with Crippen molar-refractivity contribution in [2.45, 2.75) is 37.2 Å². The summed E-state index contributed by atoms with van der Waals surface area (Å²) in [5.41, 5.74) is 0.513. The Hall–Kier alpha value is -3.50. The number of nitrogens with zero attached hydrogens (tertiary/aromatic N) is 1. The number of rotatable bonds is 6. The topological polar surface area (TPSA) is 93.1 Å². The molecule has 3 aromatic carbocycles. The number of carbonyl (C=O) groups is 1. The molecule has 2 aliphatic heterocycles. The Labute approximate surface area is 219 Å². The third-order valence-electron chi connectivity index (χ3n) is 7.19. The lowest BCUT2D eigenvalue weighted by Crippen LogP contribution is -2.48. The number of fused-ring (bicyclic) bond motifs is 1. The number of benzene rings is 3. The molecule has 38 heavy (non-hydrogen) atoms. The van der Waals surface area contributed by atoms with Gasteiger partial charge in [0.1, 0.15) is 23.5 Å². The van der Waals surface area contributed by atoms with Gasteiger partial charge in [-0.2, -0.15) is 0 Å². The molecular weight excluding hydrogens is 516 g/mol. The monoisotopic (exact) mass is 543 g/mol. The molecule has 0 aliphatic carbocycles. The normalized spacial score (nSPS) is 18.9. The molecule has 0 bridgehead atoms. The Balaban J connectivity index is 1.59. The van der Waals surface area contributed by atoms with E-state index in [1.54, 1.807) is 37.3 Å². The fourth-order valence-electron chi connectivity index (χ4n) is 5.15. The highest BCUT2D eigenvalue weighted by atomic mass is 32.2. The van der Waals surface area contributed by atoms with Crippen LogP contribution in [0.4, 0.5) is 14.5 Å². The highest BCUT2D eigenvalue weighted by Crippen LogP contribution is 2.44. The zero-order valence-corrected chi connectivity index (χ0v) is 21.5. The Morgan fingerprint density at radius 2 is 1.74 bits per heavy atom. The molecule has 1 fully saturated rings. The van der Waals surface area contributed by atoms with Crippen LogP contribution in [0.25, 0.3) is 11.1 Å². The first-order chi connectivity index (χ1) is 18.1. The predicted octanol–water partition coefficient (Wildman–Crippen LogP) is 5.17. The summed E-state index contributed by atoms with van der Waals surface area (Å²) in [6.45, 7) is 2.26. The Kier molecular flexibility index (Phi) is 6.87. The first kappa shape index (κ1) is 26.1. The Morgan fingerprint density at radius 1 is 1.03 bits per heavy atom. The van der Waals surface area contributed by atoms with Gasteiger partial charge in [-0.05, 0) is 72.9 Å². The minimum Gasteiger partial charge on any atom is -0.486 e. The van der Waals surface area contributed by atoms with Crippen molar-refractivity contribution in [3.05, 3.63) is 77.9 Å². The average molecular weight is 544 g/mol. The van der Waals surface area contributed by atoms with Crippen molar-refractivity contribution in [2.24, 2.45) is 5.41 Å². The largest absolute Gasteiger partial charge is 0.486 e. The van der Waals surface area contributed by atoms with Crippen LogP contribution >= 0.6 is 0 Å². The van der Waals surface area contributed by atoms with Crippen molar-refractivity contribution in [3.8, 4) is 16.9 Å². The number of carboxylic acids is 1. The lowest BCUT2D eigenvalue weighted by molar-refractivity contribution is -0.157. The van der Waals surface area contributed by atoms with Crippen molar-refractivity contribution in [1.82, 2.24) is 0 Å². The maximum absolute atomic E-state index is 13.9. The van der Waals surface area contributed by atoms with Crippen molar-refractivity contribution in [3.63, 3.8) is 0 Å². The van der Waals surface area contributed by atoms with Crippen LogP contribution in [-0.2, 0) is 19.6 Å². The van der Waals surface area contributed by atoms with E-state index in [2.05, 4.69) is 0 Å². The van der Waals surface area contributed by atoms with Crippen LogP contribution in [0.5, 0.6) is 5.75 Å². The lowest BCUT2D eigenvalue weighted by Gasteiger charge is -2.40. The first-order valence-corrected chi connectivity index (χ1v) is 13.7. The summed E-state index contributed by atoms with van der Waals surface area (Å²) in [5, 5.41) is 10.1. The van der Waals surface area contributed by atoms with E-state index >= 15 is 0 Å². The van der Waals surface area contributed by atoms with E-state index in [1.165, 1.54) is 28.6 Å². The van der Waals surface area contributed by atoms with Gasteiger partial charge in [0.15, 0.2) is 0 Å². The highest BCUT2D eigenvalue weighted by Gasteiger charge is 2.45. The van der Waals surface area contributed by atoms with Crippen LogP contribution in [0.1, 0.15) is 24.8 Å². The second-order valence-electron chi connectivity index (χ2n) is 9.84. The summed E-state index contributed by atoms with van der Waals surface area (Å²) in [7, 11) is -4.09. The van der Waals surface area contributed by atoms with E-state index in [0.717, 1.165) is 11.6 Å². The molecule has 200 valence electrons. The number of halogens is 2. The lowest BCUT2D eigenvalue weighted by atomic mass is 9.75. The molecule has 0 amide bonds. The fraction of sp³-hybridized carbons (Fsp3) is 0.321. The van der Waals surface area contributed by atoms with Crippen LogP contribution in [-0.4, -0.2) is 45.4 Å². The molecule has 2 aliphatic rings. The van der Waals surface area contributed by atoms with Gasteiger partial charge in [-0.1, -0.05) is 18.2 Å². The second kappa shape index (κ2) is 9.99. The zero-order chi connectivity index (χ0) is 27.1. The number of aryl methyl sites for hydroxylation is 1. The zero-order valence-electron chi connectivity index (χ0n) is 20.7. The van der Waals surface area contributed by atoms with Gasteiger partial charge in [-0.25, -0.2) is 17.2 Å². The molecule has 1 saturated heterocycles. The average Bonchev–Trinajstić information content (AvgIpc) is 2.88. The highest BCUT2D eigenvalue weighted by molar-refractivity contribution is 7.92. The maximum atomic E-state index is 13.9. The van der Waals surface area contributed by atoms with Crippen molar-refractivity contribution in [2.75, 3.05) is 24.1 Å². The molecule has 10 heteroatoms. The number of ether oxygens (including phenoxy) is 2. The van der Waals surface area contributed by atoms with Gasteiger partial charge in [-0.3, -0.25) is 9.10 Å².